The fraction of sp³-hybridized carbons (Fsp3) is 0.200. The number of fused-ring (bicyclic) bond motifs is 2. The van der Waals surface area contributed by atoms with Crippen LogP contribution in [0.4, 0.5) is 10.1 Å². The number of benzene rings is 3. The first-order valence-electron chi connectivity index (χ1n) is 10.3. The molecule has 1 spiro atoms. The van der Waals surface area contributed by atoms with Gasteiger partial charge in [-0.25, -0.2) is 4.39 Å². The van der Waals surface area contributed by atoms with Gasteiger partial charge in [-0.05, 0) is 55.0 Å². The third kappa shape index (κ3) is 3.29. The summed E-state index contributed by atoms with van der Waals surface area (Å²) in [6.45, 7) is 2.83. The summed E-state index contributed by atoms with van der Waals surface area (Å²) < 4.78 is 13.4. The molecule has 2 aliphatic rings. The van der Waals surface area contributed by atoms with E-state index in [1.165, 1.54) is 36.0 Å². The van der Waals surface area contributed by atoms with E-state index < -0.39 is 10.7 Å². The molecule has 2 amide bonds. The maximum absolute atomic E-state index is 14.0. The largest absolute Gasteiger partial charge is 0.311 e. The number of carbonyl (C=O) groups is 2. The van der Waals surface area contributed by atoms with Gasteiger partial charge in [0.2, 0.25) is 0 Å². The smallest absolute Gasteiger partial charge is 0.268 e. The molecule has 0 saturated carbocycles. The van der Waals surface area contributed by atoms with Gasteiger partial charge in [-0.1, -0.05) is 41.4 Å². The fourth-order valence-electron chi connectivity index (χ4n) is 4.37. The monoisotopic (exact) mass is 466 g/mol. The zero-order valence-corrected chi connectivity index (χ0v) is 18.9. The predicted molar refractivity (Wildman–Crippen MR) is 125 cm³/mol. The highest BCUT2D eigenvalue weighted by molar-refractivity contribution is 8.01. The number of halogens is 2. The zero-order valence-electron chi connectivity index (χ0n) is 17.3. The molecule has 0 unspecified atom stereocenters. The van der Waals surface area contributed by atoms with Crippen LogP contribution in [0, 0.1) is 12.7 Å². The van der Waals surface area contributed by atoms with Crippen LogP contribution in [0.2, 0.25) is 5.02 Å². The molecule has 1 atom stereocenters. The lowest BCUT2D eigenvalue weighted by molar-refractivity contribution is -0.123. The van der Waals surface area contributed by atoms with Gasteiger partial charge in [0.05, 0.1) is 12.2 Å². The second kappa shape index (κ2) is 7.94. The second-order valence-electron chi connectivity index (χ2n) is 7.99. The van der Waals surface area contributed by atoms with Gasteiger partial charge in [-0.3, -0.25) is 9.59 Å². The molecule has 0 N–H and O–H groups in total. The van der Waals surface area contributed by atoms with Gasteiger partial charge < -0.3 is 9.80 Å². The number of rotatable bonds is 3. The predicted octanol–water partition coefficient (Wildman–Crippen LogP) is 5.38. The minimum absolute atomic E-state index is 0.159. The van der Waals surface area contributed by atoms with Gasteiger partial charge in [0.15, 0.2) is 4.87 Å². The highest BCUT2D eigenvalue weighted by Gasteiger charge is 2.59. The minimum atomic E-state index is -1.18. The molecule has 1 saturated heterocycles. The van der Waals surface area contributed by atoms with Crippen molar-refractivity contribution in [2.45, 2.75) is 18.3 Å². The molecule has 4 nitrogen and oxygen atoms in total. The van der Waals surface area contributed by atoms with E-state index in [0.29, 0.717) is 29.4 Å². The number of hydrogen-bond acceptors (Lipinski definition) is 3. The molecule has 0 radical (unpaired) electrons. The molecule has 2 aliphatic heterocycles. The van der Waals surface area contributed by atoms with Crippen molar-refractivity contribution in [3.63, 3.8) is 0 Å². The van der Waals surface area contributed by atoms with Crippen LogP contribution in [0.5, 0.6) is 0 Å². The van der Waals surface area contributed by atoms with Gasteiger partial charge in [-0.2, -0.15) is 0 Å². The third-order valence-electron chi connectivity index (χ3n) is 5.95. The number of hydrogen-bond donors (Lipinski definition) is 0. The van der Waals surface area contributed by atoms with Crippen molar-refractivity contribution in [2.24, 2.45) is 0 Å². The van der Waals surface area contributed by atoms with Crippen molar-refractivity contribution in [2.75, 3.05) is 17.2 Å². The standard InChI is InChI=1S/C25H20ClFN2O2S/c1-16-2-4-17(5-3-16)15-28-22-11-8-19(26)14-21(22)25(24(28)31)29(12-13-32-25)23(30)18-6-9-20(27)10-7-18/h2-11,14H,12-13,15H2,1H3/t25-/m0/s1. The molecule has 7 heteroatoms. The second-order valence-corrected chi connectivity index (χ2v) is 9.72. The van der Waals surface area contributed by atoms with Crippen LogP contribution in [0.1, 0.15) is 27.0 Å². The first-order chi connectivity index (χ1) is 15.4. The summed E-state index contributed by atoms with van der Waals surface area (Å²) in [6.07, 6.45) is 0. The van der Waals surface area contributed by atoms with Crippen LogP contribution in [-0.2, 0) is 16.2 Å². The van der Waals surface area contributed by atoms with Crippen LogP contribution < -0.4 is 4.90 Å². The number of nitrogens with zero attached hydrogens (tertiary/aromatic N) is 2. The Morgan fingerprint density at radius 1 is 1.09 bits per heavy atom. The van der Waals surface area contributed by atoms with Gasteiger partial charge in [-0.15, -0.1) is 11.8 Å². The summed E-state index contributed by atoms with van der Waals surface area (Å²) in [4.78, 5) is 29.6. The van der Waals surface area contributed by atoms with E-state index in [0.717, 1.165) is 22.4 Å². The number of anilines is 1. The van der Waals surface area contributed by atoms with Crippen LogP contribution in [-0.4, -0.2) is 29.0 Å². The van der Waals surface area contributed by atoms with Crippen LogP contribution in [0.15, 0.2) is 66.7 Å². The van der Waals surface area contributed by atoms with E-state index in [4.69, 9.17) is 11.6 Å². The van der Waals surface area contributed by atoms with Crippen molar-refractivity contribution in [3.05, 3.63) is 99.8 Å². The van der Waals surface area contributed by atoms with Crippen molar-refractivity contribution in [1.82, 2.24) is 4.90 Å². The summed E-state index contributed by atoms with van der Waals surface area (Å²) >= 11 is 7.78. The van der Waals surface area contributed by atoms with E-state index in [-0.39, 0.29) is 11.8 Å². The van der Waals surface area contributed by atoms with Gasteiger partial charge in [0, 0.05) is 28.4 Å². The van der Waals surface area contributed by atoms with Gasteiger partial charge >= 0.3 is 0 Å². The lowest BCUT2D eigenvalue weighted by Crippen LogP contribution is -2.50. The van der Waals surface area contributed by atoms with E-state index in [1.54, 1.807) is 21.9 Å². The summed E-state index contributed by atoms with van der Waals surface area (Å²) in [7, 11) is 0. The Hall–Kier alpha value is -2.83. The molecule has 0 aliphatic carbocycles. The summed E-state index contributed by atoms with van der Waals surface area (Å²) in [5.41, 5.74) is 3.97. The Morgan fingerprint density at radius 3 is 2.53 bits per heavy atom. The molecule has 3 aromatic carbocycles. The van der Waals surface area contributed by atoms with Crippen molar-refractivity contribution < 1.29 is 14.0 Å². The Balaban J connectivity index is 1.58. The molecular formula is C25H20ClFN2O2S. The fourth-order valence-corrected chi connectivity index (χ4v) is 5.99. The zero-order chi connectivity index (χ0) is 22.5. The lowest BCUT2D eigenvalue weighted by atomic mass is 10.0. The number of carbonyl (C=O) groups excluding carboxylic acids is 2. The average molecular weight is 467 g/mol. The quantitative estimate of drug-likeness (QED) is 0.520. The van der Waals surface area contributed by atoms with Gasteiger partial charge in [0.1, 0.15) is 5.82 Å². The lowest BCUT2D eigenvalue weighted by Gasteiger charge is -2.33. The van der Waals surface area contributed by atoms with Crippen LogP contribution in [0.3, 0.4) is 0 Å². The summed E-state index contributed by atoms with van der Waals surface area (Å²) in [5.74, 6) is -0.256. The van der Waals surface area contributed by atoms with Crippen molar-refractivity contribution in [3.8, 4) is 0 Å². The number of thioether (sulfide) groups is 1. The SMILES string of the molecule is Cc1ccc(CN2C(=O)[C@@]3(SCCN3C(=O)c3ccc(F)cc3)c3cc(Cl)ccc32)cc1. The Labute approximate surface area is 195 Å². The van der Waals surface area contributed by atoms with Crippen molar-refractivity contribution in [1.29, 1.82) is 0 Å². The normalized spacial score (nSPS) is 19.7. The highest BCUT2D eigenvalue weighted by Crippen LogP contribution is 2.55. The maximum atomic E-state index is 14.0. The Morgan fingerprint density at radius 2 is 1.81 bits per heavy atom. The molecule has 32 heavy (non-hydrogen) atoms. The van der Waals surface area contributed by atoms with E-state index >= 15 is 0 Å². The van der Waals surface area contributed by atoms with Crippen LogP contribution in [0.25, 0.3) is 0 Å². The van der Waals surface area contributed by atoms with E-state index in [1.807, 2.05) is 37.3 Å². The number of aryl methyl sites for hydroxylation is 1. The first-order valence-corrected chi connectivity index (χ1v) is 11.7. The molecule has 3 aromatic rings. The topological polar surface area (TPSA) is 40.6 Å². The molecule has 1 fully saturated rings. The average Bonchev–Trinajstić information content (AvgIpc) is 3.32. The summed E-state index contributed by atoms with van der Waals surface area (Å²) in [6, 6.07) is 18.9. The van der Waals surface area contributed by atoms with Crippen LogP contribution >= 0.6 is 23.4 Å². The molecule has 0 aromatic heterocycles. The molecule has 162 valence electrons. The Kier molecular flexibility index (Phi) is 5.22. The van der Waals surface area contributed by atoms with Gasteiger partial charge in [0.25, 0.3) is 11.8 Å². The highest BCUT2D eigenvalue weighted by atomic mass is 35.5. The minimum Gasteiger partial charge on any atom is -0.311 e. The molecule has 0 bridgehead atoms. The molecule has 2 heterocycles. The van der Waals surface area contributed by atoms with E-state index in [9.17, 15) is 14.0 Å². The first kappa shape index (κ1) is 21.0. The summed E-state index contributed by atoms with van der Waals surface area (Å²) in [5, 5.41) is 0.509. The maximum Gasteiger partial charge on any atom is 0.268 e. The van der Waals surface area contributed by atoms with Crippen molar-refractivity contribution >= 4 is 40.9 Å². The third-order valence-corrected chi connectivity index (χ3v) is 7.61. The Bertz CT molecular complexity index is 1220. The van der Waals surface area contributed by atoms with E-state index in [2.05, 4.69) is 0 Å². The molecule has 5 rings (SSSR count). The molecular weight excluding hydrogens is 447 g/mol. The number of amides is 2.